The summed E-state index contributed by atoms with van der Waals surface area (Å²) in [5.74, 6) is -0.547. The van der Waals surface area contributed by atoms with Gasteiger partial charge in [-0.1, -0.05) is 30.3 Å². The van der Waals surface area contributed by atoms with Gasteiger partial charge in [-0.3, -0.25) is 4.79 Å². The van der Waals surface area contributed by atoms with Gasteiger partial charge in [0, 0.05) is 10.5 Å². The van der Waals surface area contributed by atoms with Gasteiger partial charge in [0.25, 0.3) is 0 Å². The largest absolute Gasteiger partial charge is 0.496 e. The van der Waals surface area contributed by atoms with E-state index >= 15 is 0 Å². The van der Waals surface area contributed by atoms with Crippen LogP contribution in [0.5, 0.6) is 5.75 Å². The second kappa shape index (κ2) is 7.70. The van der Waals surface area contributed by atoms with Crippen LogP contribution < -0.4 is 4.74 Å². The number of carboxylic acid groups (broad SMARTS) is 1. The molecule has 0 aromatic heterocycles. The second-order valence-corrected chi connectivity index (χ2v) is 6.18. The molecule has 118 valence electrons. The van der Waals surface area contributed by atoms with E-state index in [4.69, 9.17) is 10.00 Å². The lowest BCUT2D eigenvalue weighted by Gasteiger charge is -2.16. The zero-order valence-corrected chi connectivity index (χ0v) is 13.7. The molecular weight excluding hydrogens is 310 g/mol. The van der Waals surface area contributed by atoms with Crippen LogP contribution in [0.3, 0.4) is 0 Å². The lowest BCUT2D eigenvalue weighted by molar-refractivity contribution is -0.136. The second-order valence-electron chi connectivity index (χ2n) is 5.00. The predicted molar refractivity (Wildman–Crippen MR) is 89.7 cm³/mol. The third-order valence-electron chi connectivity index (χ3n) is 3.47. The van der Waals surface area contributed by atoms with Crippen molar-refractivity contribution in [3.63, 3.8) is 0 Å². The molecule has 0 fully saturated rings. The van der Waals surface area contributed by atoms with Gasteiger partial charge in [0.15, 0.2) is 0 Å². The predicted octanol–water partition coefficient (Wildman–Crippen LogP) is 4.24. The zero-order valence-electron chi connectivity index (χ0n) is 12.9. The number of carbonyl (C=O) groups is 1. The molecule has 0 aliphatic rings. The first kappa shape index (κ1) is 16.9. The van der Waals surface area contributed by atoms with Gasteiger partial charge in [0.2, 0.25) is 0 Å². The van der Waals surface area contributed by atoms with Crippen LogP contribution in [0.2, 0.25) is 0 Å². The Morgan fingerprint density at radius 3 is 2.43 bits per heavy atom. The molecule has 0 amide bonds. The van der Waals surface area contributed by atoms with Crippen molar-refractivity contribution >= 4 is 17.7 Å². The van der Waals surface area contributed by atoms with Gasteiger partial charge >= 0.3 is 5.97 Å². The summed E-state index contributed by atoms with van der Waals surface area (Å²) in [6, 6.07) is 16.7. The Morgan fingerprint density at radius 1 is 1.22 bits per heavy atom. The first-order chi connectivity index (χ1) is 11.1. The van der Waals surface area contributed by atoms with Gasteiger partial charge in [-0.25, -0.2) is 0 Å². The summed E-state index contributed by atoms with van der Waals surface area (Å²) in [7, 11) is 1.53. The number of nitrogens with zero attached hydrogens (tertiary/aromatic N) is 1. The van der Waals surface area contributed by atoms with Crippen LogP contribution in [0.15, 0.2) is 53.4 Å². The lowest BCUT2D eigenvalue weighted by atomic mass is 10.0. The number of ether oxygens (including phenoxy) is 1. The number of aliphatic carboxylic acids is 1. The summed E-state index contributed by atoms with van der Waals surface area (Å²) in [6.07, 6.45) is 0. The van der Waals surface area contributed by atoms with Crippen molar-refractivity contribution in [1.29, 1.82) is 5.26 Å². The molecule has 2 unspecified atom stereocenters. The molecule has 0 spiro atoms. The number of methoxy groups -OCH3 is 1. The van der Waals surface area contributed by atoms with Crippen molar-refractivity contribution < 1.29 is 14.6 Å². The normalized spacial score (nSPS) is 12.9. The molecule has 0 saturated carbocycles. The quantitative estimate of drug-likeness (QED) is 0.804. The Hall–Kier alpha value is -2.45. The Kier molecular flexibility index (Phi) is 5.67. The highest BCUT2D eigenvalue weighted by Gasteiger charge is 2.24. The summed E-state index contributed by atoms with van der Waals surface area (Å²) in [4.78, 5) is 12.5. The molecule has 0 radical (unpaired) electrons. The molecule has 0 aliphatic heterocycles. The van der Waals surface area contributed by atoms with Crippen molar-refractivity contribution in [1.82, 2.24) is 0 Å². The molecule has 2 aromatic rings. The third kappa shape index (κ3) is 4.05. The number of carboxylic acids is 1. The maximum atomic E-state index is 11.7. The highest BCUT2D eigenvalue weighted by Crippen LogP contribution is 2.39. The molecule has 0 heterocycles. The maximum absolute atomic E-state index is 11.7. The highest BCUT2D eigenvalue weighted by molar-refractivity contribution is 8.00. The summed E-state index contributed by atoms with van der Waals surface area (Å²) < 4.78 is 5.27. The van der Waals surface area contributed by atoms with E-state index in [-0.39, 0.29) is 5.92 Å². The number of hydrogen-bond donors (Lipinski definition) is 1. The molecular formula is C18H17NO3S. The molecule has 0 bridgehead atoms. The molecule has 2 aromatic carbocycles. The number of benzene rings is 2. The Labute approximate surface area is 139 Å². The van der Waals surface area contributed by atoms with Crippen molar-refractivity contribution in [2.75, 3.05) is 7.11 Å². The van der Waals surface area contributed by atoms with Crippen LogP contribution in [0.1, 0.15) is 29.2 Å². The van der Waals surface area contributed by atoms with Gasteiger partial charge in [-0.15, -0.1) is 11.8 Å². The minimum absolute atomic E-state index is 0.182. The summed E-state index contributed by atoms with van der Waals surface area (Å²) in [5, 5.41) is 17.7. The fourth-order valence-electron chi connectivity index (χ4n) is 2.18. The summed E-state index contributed by atoms with van der Waals surface area (Å²) in [6.45, 7) is 1.83. The van der Waals surface area contributed by atoms with E-state index in [1.165, 1.54) is 18.9 Å². The van der Waals surface area contributed by atoms with Crippen LogP contribution >= 0.6 is 11.8 Å². The smallest absolute Gasteiger partial charge is 0.321 e. The van der Waals surface area contributed by atoms with Gasteiger partial charge in [0.05, 0.1) is 19.1 Å². The monoisotopic (exact) mass is 327 g/mol. The molecule has 4 nitrogen and oxygen atoms in total. The molecule has 23 heavy (non-hydrogen) atoms. The average Bonchev–Trinajstić information content (AvgIpc) is 2.59. The van der Waals surface area contributed by atoms with Gasteiger partial charge < -0.3 is 9.84 Å². The maximum Gasteiger partial charge on any atom is 0.321 e. The van der Waals surface area contributed by atoms with E-state index in [1.807, 2.05) is 37.3 Å². The van der Waals surface area contributed by atoms with Crippen LogP contribution in [0.4, 0.5) is 0 Å². The van der Waals surface area contributed by atoms with Crippen molar-refractivity contribution in [2.45, 2.75) is 23.0 Å². The fraction of sp³-hybridized carbons (Fsp3) is 0.222. The molecule has 0 saturated heterocycles. The van der Waals surface area contributed by atoms with Crippen molar-refractivity contribution in [3.8, 4) is 11.8 Å². The van der Waals surface area contributed by atoms with E-state index in [0.29, 0.717) is 11.3 Å². The van der Waals surface area contributed by atoms with Crippen LogP contribution in [-0.2, 0) is 4.79 Å². The van der Waals surface area contributed by atoms with E-state index in [9.17, 15) is 9.90 Å². The van der Waals surface area contributed by atoms with E-state index in [1.54, 1.807) is 18.2 Å². The third-order valence-corrected chi connectivity index (χ3v) is 4.71. The molecule has 0 aliphatic carbocycles. The highest BCUT2D eigenvalue weighted by atomic mass is 32.2. The summed E-state index contributed by atoms with van der Waals surface area (Å²) in [5.41, 5.74) is 1.54. The van der Waals surface area contributed by atoms with Crippen LogP contribution in [-0.4, -0.2) is 18.2 Å². The first-order valence-electron chi connectivity index (χ1n) is 7.08. The Balaban J connectivity index is 2.27. The Bertz CT molecular complexity index is 722. The van der Waals surface area contributed by atoms with Gasteiger partial charge in [-0.2, -0.15) is 5.26 Å². The average molecular weight is 327 g/mol. The first-order valence-corrected chi connectivity index (χ1v) is 7.96. The zero-order chi connectivity index (χ0) is 16.8. The van der Waals surface area contributed by atoms with Gasteiger partial charge in [0.1, 0.15) is 11.0 Å². The minimum Gasteiger partial charge on any atom is -0.496 e. The van der Waals surface area contributed by atoms with Crippen molar-refractivity contribution in [2.24, 2.45) is 0 Å². The number of para-hydroxylation sites is 1. The van der Waals surface area contributed by atoms with E-state index in [0.717, 1.165) is 10.5 Å². The lowest BCUT2D eigenvalue weighted by Crippen LogP contribution is -2.09. The fourth-order valence-corrected chi connectivity index (χ4v) is 3.16. The van der Waals surface area contributed by atoms with E-state index < -0.39 is 11.2 Å². The summed E-state index contributed by atoms with van der Waals surface area (Å²) >= 11 is 1.25. The number of thioether (sulfide) groups is 1. The molecule has 2 rings (SSSR count). The number of hydrogen-bond acceptors (Lipinski definition) is 4. The van der Waals surface area contributed by atoms with Crippen LogP contribution in [0.25, 0.3) is 0 Å². The number of nitriles is 1. The standard InChI is InChI=1S/C18H17NO3S/c1-12(11-19)13-7-9-14(10-8-13)23-17(18(20)21)15-5-3-4-6-16(15)22-2/h3-10,12,17H,1-2H3,(H,20,21). The molecule has 5 heteroatoms. The van der Waals surface area contributed by atoms with Crippen LogP contribution in [0, 0.1) is 11.3 Å². The minimum atomic E-state index is -0.922. The SMILES string of the molecule is COc1ccccc1C(Sc1ccc(C(C)C#N)cc1)C(=O)O. The topological polar surface area (TPSA) is 70.3 Å². The number of rotatable bonds is 6. The van der Waals surface area contributed by atoms with E-state index in [2.05, 4.69) is 6.07 Å². The molecule has 1 N–H and O–H groups in total. The molecule has 2 atom stereocenters. The Morgan fingerprint density at radius 2 is 1.87 bits per heavy atom. The van der Waals surface area contributed by atoms with Crippen molar-refractivity contribution in [3.05, 3.63) is 59.7 Å². The van der Waals surface area contributed by atoms with Gasteiger partial charge in [-0.05, 0) is 30.7 Å².